The Morgan fingerprint density at radius 3 is 1.40 bits per heavy atom. The molecular weight excluding hydrogens is 162 g/mol. The molecule has 0 saturated heterocycles. The molecule has 0 amide bonds. The minimum absolute atomic E-state index is 0.00549. The second-order valence-electron chi connectivity index (χ2n) is 1.29. The zero-order valence-electron chi connectivity index (χ0n) is 4.27. The van der Waals surface area contributed by atoms with Crippen LogP contribution in [-0.2, 0) is 0 Å². The topological polar surface area (TPSA) is 0 Å². The highest BCUT2D eigenvalue weighted by Crippen LogP contribution is 2.34. The summed E-state index contributed by atoms with van der Waals surface area (Å²) >= 11 is 0. The summed E-state index contributed by atoms with van der Waals surface area (Å²) in [7, 11) is 0. The number of hydrogen-bond donors (Lipinski definition) is 0. The Bertz CT molecular complexity index is 166. The maximum Gasteiger partial charge on any atom is 0.466 e. The van der Waals surface area contributed by atoms with Crippen LogP contribution in [0.4, 0.5) is 26.3 Å². The fourth-order valence-corrected chi connectivity index (χ4v) is 0.130. The van der Waals surface area contributed by atoms with E-state index >= 15 is 0 Å². The minimum atomic E-state index is -5.80. The van der Waals surface area contributed by atoms with Gasteiger partial charge in [0, 0.05) is 5.92 Å². The quantitative estimate of drug-likeness (QED) is 0.378. The van der Waals surface area contributed by atoms with E-state index in [1.807, 2.05) is 0 Å². The molecule has 0 N–H and O–H groups in total. The molecule has 0 bridgehead atoms. The van der Waals surface area contributed by atoms with E-state index in [1.165, 1.54) is 0 Å². The molecule has 58 valence electrons. The number of alkyl halides is 5. The Kier molecular flexibility index (Phi) is 2.20. The zero-order chi connectivity index (χ0) is 8.41. The average Bonchev–Trinajstić information content (AvgIpc) is 1.61. The van der Waals surface area contributed by atoms with Crippen LogP contribution in [0, 0.1) is 12.1 Å². The van der Waals surface area contributed by atoms with E-state index in [-0.39, 0.29) is 12.1 Å². The van der Waals surface area contributed by atoms with Crippen molar-refractivity contribution >= 4 is 0 Å². The first-order valence-corrected chi connectivity index (χ1v) is 1.88. The molecule has 6 heteroatoms. The van der Waals surface area contributed by atoms with E-state index < -0.39 is 12.1 Å². The van der Waals surface area contributed by atoms with Gasteiger partial charge >= 0.3 is 12.1 Å². The summed E-state index contributed by atoms with van der Waals surface area (Å²) in [5.41, 5.74) is 0. The lowest BCUT2D eigenvalue weighted by molar-refractivity contribution is -0.254. The molecule has 0 radical (unpaired) electrons. The molecular formula is C4F6. The van der Waals surface area contributed by atoms with Crippen LogP contribution < -0.4 is 0 Å². The number of halogens is 6. The third-order valence-corrected chi connectivity index (χ3v) is 0.560. The van der Waals surface area contributed by atoms with Gasteiger partial charge in [-0.25, -0.2) is 0 Å². The van der Waals surface area contributed by atoms with Gasteiger partial charge in [-0.1, -0.05) is 0 Å². The summed E-state index contributed by atoms with van der Waals surface area (Å²) in [5.74, 6) is -5.16. The van der Waals surface area contributed by atoms with Crippen LogP contribution in [0.5, 0.6) is 0 Å². The maximum atomic E-state index is 11.4. The van der Waals surface area contributed by atoms with Crippen molar-refractivity contribution in [2.24, 2.45) is 0 Å². The van der Waals surface area contributed by atoms with Crippen molar-refractivity contribution in [1.82, 2.24) is 0 Å². The van der Waals surface area contributed by atoms with Crippen molar-refractivity contribution in [3.8, 4) is 12.1 Å². The van der Waals surface area contributed by atoms with Crippen molar-refractivity contribution in [1.29, 1.82) is 0 Å². The van der Waals surface area contributed by atoms with Crippen LogP contribution in [0.25, 0.3) is 0 Å². The van der Waals surface area contributed by atoms with Crippen LogP contribution >= 0.6 is 0 Å². The van der Waals surface area contributed by atoms with Crippen molar-refractivity contribution in [3.63, 3.8) is 0 Å². The summed E-state index contributed by atoms with van der Waals surface area (Å²) < 4.78 is 66.5. The summed E-state index contributed by atoms with van der Waals surface area (Å²) in [6, 6.07) is 0. The van der Waals surface area contributed by atoms with E-state index in [0.29, 0.717) is 0 Å². The van der Waals surface area contributed by atoms with Gasteiger partial charge in [0.05, 0.1) is 0 Å². The monoisotopic (exact) mass is 162 g/mol. The lowest BCUT2D eigenvalue weighted by atomic mass is 10.3. The van der Waals surface area contributed by atoms with E-state index in [1.54, 1.807) is 0 Å². The highest BCUT2D eigenvalue weighted by molar-refractivity contribution is 5.08. The second kappa shape index (κ2) is 2.40. The average molecular weight is 162 g/mol. The molecule has 0 atom stereocenters. The van der Waals surface area contributed by atoms with E-state index in [9.17, 15) is 26.3 Å². The summed E-state index contributed by atoms with van der Waals surface area (Å²) in [5, 5.41) is 0. The van der Waals surface area contributed by atoms with Gasteiger partial charge in [-0.05, 0) is 0 Å². The van der Waals surface area contributed by atoms with Crippen LogP contribution in [0.2, 0.25) is 0 Å². The third-order valence-electron chi connectivity index (χ3n) is 0.560. The molecule has 0 saturated carbocycles. The predicted molar refractivity (Wildman–Crippen MR) is 19.9 cm³/mol. The van der Waals surface area contributed by atoms with Crippen LogP contribution in [0.1, 0.15) is 0 Å². The van der Waals surface area contributed by atoms with E-state index in [2.05, 4.69) is 0 Å². The molecule has 0 heterocycles. The van der Waals surface area contributed by atoms with E-state index in [0.717, 1.165) is 0 Å². The van der Waals surface area contributed by atoms with Gasteiger partial charge in [-0.2, -0.15) is 22.0 Å². The molecule has 0 aromatic rings. The van der Waals surface area contributed by atoms with Gasteiger partial charge in [0.2, 0.25) is 0 Å². The fourth-order valence-electron chi connectivity index (χ4n) is 0.130. The van der Waals surface area contributed by atoms with Gasteiger partial charge in [-0.15, -0.1) is 4.39 Å². The molecule has 0 aliphatic carbocycles. The molecule has 0 aliphatic heterocycles. The van der Waals surface area contributed by atoms with Gasteiger partial charge < -0.3 is 0 Å². The van der Waals surface area contributed by atoms with Crippen LogP contribution in [0.3, 0.4) is 0 Å². The van der Waals surface area contributed by atoms with Gasteiger partial charge in [0.25, 0.3) is 0 Å². The second-order valence-corrected chi connectivity index (χ2v) is 1.29. The Balaban J connectivity index is 4.51. The number of hydrogen-bond acceptors (Lipinski definition) is 0. The van der Waals surface area contributed by atoms with Crippen molar-refractivity contribution in [2.45, 2.75) is 12.1 Å². The van der Waals surface area contributed by atoms with Gasteiger partial charge in [0.15, 0.2) is 0 Å². The molecule has 0 aromatic carbocycles. The summed E-state index contributed by atoms with van der Waals surface area (Å²) in [4.78, 5) is 0. The van der Waals surface area contributed by atoms with Gasteiger partial charge in [-0.3, -0.25) is 0 Å². The molecule has 0 fully saturated rings. The highest BCUT2D eigenvalue weighted by Gasteiger charge is 2.56. The largest absolute Gasteiger partial charge is 0.466 e. The normalized spacial score (nSPS) is 12.2. The standard InChI is InChI=1S/C4F6/c5-2-1-3(6,7)4(8,9)10. The van der Waals surface area contributed by atoms with Crippen molar-refractivity contribution in [2.75, 3.05) is 0 Å². The first kappa shape index (κ1) is 9.14. The Hall–Kier alpha value is -0.860. The van der Waals surface area contributed by atoms with E-state index in [4.69, 9.17) is 0 Å². The summed E-state index contributed by atoms with van der Waals surface area (Å²) in [6.07, 6.45) is -5.81. The third kappa shape index (κ3) is 1.83. The SMILES string of the molecule is FC#CC(F)(F)C(F)(F)F. The van der Waals surface area contributed by atoms with Crippen LogP contribution in [0.15, 0.2) is 0 Å². The maximum absolute atomic E-state index is 11.4. The molecule has 0 nitrogen and oxygen atoms in total. The molecule has 0 unspecified atom stereocenters. The Morgan fingerprint density at radius 1 is 0.900 bits per heavy atom. The van der Waals surface area contributed by atoms with Crippen molar-refractivity contribution < 1.29 is 26.3 Å². The first-order chi connectivity index (χ1) is 4.31. The van der Waals surface area contributed by atoms with Crippen LogP contribution in [-0.4, -0.2) is 12.1 Å². The lowest BCUT2D eigenvalue weighted by Gasteiger charge is -2.11. The predicted octanol–water partition coefficient (Wildman–Crippen LogP) is 2.11. The number of rotatable bonds is 0. The zero-order valence-corrected chi connectivity index (χ0v) is 4.27. The summed E-state index contributed by atoms with van der Waals surface area (Å²) in [6.45, 7) is 0. The Morgan fingerprint density at radius 2 is 1.30 bits per heavy atom. The fraction of sp³-hybridized carbons (Fsp3) is 0.500. The molecule has 0 spiro atoms. The van der Waals surface area contributed by atoms with Gasteiger partial charge in [0.1, 0.15) is 6.17 Å². The molecule has 10 heavy (non-hydrogen) atoms. The Labute approximate surface area is 51.8 Å². The minimum Gasteiger partial charge on any atom is -0.181 e. The molecule has 0 aromatic heterocycles. The smallest absolute Gasteiger partial charge is 0.181 e. The molecule has 0 rings (SSSR count). The molecule has 0 aliphatic rings. The van der Waals surface area contributed by atoms with Crippen molar-refractivity contribution in [3.05, 3.63) is 0 Å². The lowest BCUT2D eigenvalue weighted by Crippen LogP contribution is -2.34. The first-order valence-electron chi connectivity index (χ1n) is 1.88. The highest BCUT2D eigenvalue weighted by atomic mass is 19.4.